The zero-order chi connectivity index (χ0) is 14.8. The first-order valence-electron chi connectivity index (χ1n) is 5.34. The van der Waals surface area contributed by atoms with Crippen LogP contribution in [0.15, 0.2) is 52.0 Å². The van der Waals surface area contributed by atoms with Gasteiger partial charge in [0.2, 0.25) is 0 Å². The van der Waals surface area contributed by atoms with E-state index in [9.17, 15) is 13.2 Å². The van der Waals surface area contributed by atoms with Gasteiger partial charge in [0, 0.05) is 27.0 Å². The highest BCUT2D eigenvalue weighted by Gasteiger charge is 2.11. The summed E-state index contributed by atoms with van der Waals surface area (Å²) in [5.41, 5.74) is 0.700. The molecule has 2 aromatic rings. The molecule has 0 spiro atoms. The molecule has 0 aliphatic heterocycles. The molecule has 5 nitrogen and oxygen atoms in total. The quantitative estimate of drug-likeness (QED) is 0.837. The van der Waals surface area contributed by atoms with Crippen molar-refractivity contribution in [1.82, 2.24) is 4.98 Å². The number of hydrogen-bond acceptors (Lipinski definition) is 4. The van der Waals surface area contributed by atoms with E-state index >= 15 is 0 Å². The van der Waals surface area contributed by atoms with Gasteiger partial charge in [-0.3, -0.25) is 4.79 Å². The molecule has 8 heteroatoms. The third kappa shape index (κ3) is 3.78. The molecule has 0 bridgehead atoms. The molecule has 0 aliphatic carbocycles. The van der Waals surface area contributed by atoms with Gasteiger partial charge in [-0.1, -0.05) is 0 Å². The van der Waals surface area contributed by atoms with Crippen molar-refractivity contribution in [3.8, 4) is 0 Å². The zero-order valence-electron chi connectivity index (χ0n) is 9.88. The van der Waals surface area contributed by atoms with Crippen LogP contribution in [0.25, 0.3) is 0 Å². The predicted molar refractivity (Wildman–Crippen MR) is 79.4 cm³/mol. The highest BCUT2D eigenvalue weighted by molar-refractivity contribution is 9.10. The summed E-state index contributed by atoms with van der Waals surface area (Å²) in [4.78, 5) is 15.8. The molecule has 0 aliphatic rings. The maximum absolute atomic E-state index is 11.9. The summed E-state index contributed by atoms with van der Waals surface area (Å²) in [6, 6.07) is 8.79. The molecule has 2 rings (SSSR count). The SMILES string of the molecule is O=C(Nc1ccc(S(=O)(=O)Cl)cc1)c1ccc(Br)cn1. The number of anilines is 1. The van der Waals surface area contributed by atoms with Crippen LogP contribution in [0.3, 0.4) is 0 Å². The number of amides is 1. The second kappa shape index (κ2) is 5.90. The first kappa shape index (κ1) is 15.0. The number of nitrogens with zero attached hydrogens (tertiary/aromatic N) is 1. The Balaban J connectivity index is 2.14. The first-order valence-corrected chi connectivity index (χ1v) is 8.44. The van der Waals surface area contributed by atoms with E-state index in [2.05, 4.69) is 26.2 Å². The highest BCUT2D eigenvalue weighted by atomic mass is 79.9. The molecule has 0 fully saturated rings. The van der Waals surface area contributed by atoms with Crippen LogP contribution in [-0.4, -0.2) is 19.3 Å². The number of halogens is 2. The number of aromatic nitrogens is 1. The van der Waals surface area contributed by atoms with Crippen molar-refractivity contribution in [3.05, 3.63) is 52.8 Å². The van der Waals surface area contributed by atoms with Gasteiger partial charge in [0.15, 0.2) is 0 Å². The Kier molecular flexibility index (Phi) is 4.42. The minimum atomic E-state index is -3.76. The van der Waals surface area contributed by atoms with Gasteiger partial charge in [-0.05, 0) is 52.3 Å². The van der Waals surface area contributed by atoms with Crippen LogP contribution in [0.2, 0.25) is 0 Å². The average Bonchev–Trinajstić information content (AvgIpc) is 2.39. The Morgan fingerprint density at radius 2 is 1.80 bits per heavy atom. The van der Waals surface area contributed by atoms with Gasteiger partial charge in [0.1, 0.15) is 5.69 Å². The van der Waals surface area contributed by atoms with Crippen molar-refractivity contribution < 1.29 is 13.2 Å². The lowest BCUT2D eigenvalue weighted by Crippen LogP contribution is -2.13. The van der Waals surface area contributed by atoms with Crippen LogP contribution in [0, 0.1) is 0 Å². The molecule has 1 amide bonds. The van der Waals surface area contributed by atoms with Gasteiger partial charge in [-0.25, -0.2) is 13.4 Å². The number of carbonyl (C=O) groups is 1. The number of hydrogen-bond donors (Lipinski definition) is 1. The minimum Gasteiger partial charge on any atom is -0.321 e. The smallest absolute Gasteiger partial charge is 0.274 e. The normalized spacial score (nSPS) is 11.1. The fourth-order valence-electron chi connectivity index (χ4n) is 1.41. The van der Waals surface area contributed by atoms with Crippen molar-refractivity contribution in [3.63, 3.8) is 0 Å². The topological polar surface area (TPSA) is 76.1 Å². The number of carbonyl (C=O) groups excluding carboxylic acids is 1. The van der Waals surface area contributed by atoms with E-state index in [1.165, 1.54) is 30.5 Å². The van der Waals surface area contributed by atoms with Crippen LogP contribution in [0.1, 0.15) is 10.5 Å². The molecular weight excluding hydrogens is 368 g/mol. The lowest BCUT2D eigenvalue weighted by molar-refractivity contribution is 0.102. The molecule has 1 aromatic carbocycles. The van der Waals surface area contributed by atoms with E-state index in [-0.39, 0.29) is 16.5 Å². The third-order valence-electron chi connectivity index (χ3n) is 2.35. The Morgan fingerprint density at radius 3 is 2.30 bits per heavy atom. The van der Waals surface area contributed by atoms with Crippen LogP contribution in [0.4, 0.5) is 5.69 Å². The van der Waals surface area contributed by atoms with Gasteiger partial charge >= 0.3 is 0 Å². The Labute approximate surface area is 128 Å². The summed E-state index contributed by atoms with van der Waals surface area (Å²) in [6.45, 7) is 0. The van der Waals surface area contributed by atoms with Gasteiger partial charge in [-0.2, -0.15) is 0 Å². The molecule has 0 unspecified atom stereocenters. The van der Waals surface area contributed by atoms with Crippen LogP contribution in [-0.2, 0) is 9.05 Å². The van der Waals surface area contributed by atoms with Crippen molar-refractivity contribution >= 4 is 47.3 Å². The van der Waals surface area contributed by atoms with Crippen molar-refractivity contribution in [2.75, 3.05) is 5.32 Å². The lowest BCUT2D eigenvalue weighted by Gasteiger charge is -2.05. The molecule has 1 heterocycles. The number of benzene rings is 1. The zero-order valence-corrected chi connectivity index (χ0v) is 13.0. The molecule has 0 radical (unpaired) electrons. The Bertz CT molecular complexity index is 730. The van der Waals surface area contributed by atoms with E-state index < -0.39 is 9.05 Å². The van der Waals surface area contributed by atoms with E-state index in [1.807, 2.05) is 0 Å². The Hall–Kier alpha value is -1.44. The minimum absolute atomic E-state index is 0.0288. The van der Waals surface area contributed by atoms with Crippen molar-refractivity contribution in [2.45, 2.75) is 4.90 Å². The highest BCUT2D eigenvalue weighted by Crippen LogP contribution is 2.18. The lowest BCUT2D eigenvalue weighted by atomic mass is 10.3. The maximum Gasteiger partial charge on any atom is 0.274 e. The van der Waals surface area contributed by atoms with E-state index in [1.54, 1.807) is 12.1 Å². The number of pyridine rings is 1. The summed E-state index contributed by atoms with van der Waals surface area (Å²) >= 11 is 3.22. The molecule has 20 heavy (non-hydrogen) atoms. The van der Waals surface area contributed by atoms with Gasteiger partial charge < -0.3 is 5.32 Å². The summed E-state index contributed by atoms with van der Waals surface area (Å²) in [5, 5.41) is 2.60. The monoisotopic (exact) mass is 374 g/mol. The molecular formula is C12H8BrClN2O3S. The maximum atomic E-state index is 11.9. The second-order valence-electron chi connectivity index (χ2n) is 3.78. The Morgan fingerprint density at radius 1 is 1.15 bits per heavy atom. The largest absolute Gasteiger partial charge is 0.321 e. The van der Waals surface area contributed by atoms with Crippen molar-refractivity contribution in [2.24, 2.45) is 0 Å². The fraction of sp³-hybridized carbons (Fsp3) is 0. The standard InChI is InChI=1S/C12H8BrClN2O3S/c13-8-1-6-11(15-7-8)12(17)16-9-2-4-10(5-3-9)20(14,18)19/h1-7H,(H,16,17). The van der Waals surface area contributed by atoms with Crippen LogP contribution in [0.5, 0.6) is 0 Å². The molecule has 0 atom stereocenters. The van der Waals surface area contributed by atoms with Gasteiger partial charge in [0.05, 0.1) is 4.90 Å². The number of nitrogens with one attached hydrogen (secondary N) is 1. The van der Waals surface area contributed by atoms with Crippen LogP contribution < -0.4 is 5.32 Å². The van der Waals surface area contributed by atoms with Crippen LogP contribution >= 0.6 is 26.6 Å². The molecule has 1 aromatic heterocycles. The van der Waals surface area contributed by atoms with E-state index in [0.717, 1.165) is 4.47 Å². The summed E-state index contributed by atoms with van der Waals surface area (Å²) < 4.78 is 22.9. The summed E-state index contributed by atoms with van der Waals surface area (Å²) in [5.74, 6) is -0.390. The molecule has 1 N–H and O–H groups in total. The third-order valence-corrected chi connectivity index (χ3v) is 4.19. The molecule has 0 saturated heterocycles. The summed E-state index contributed by atoms with van der Waals surface area (Å²) in [6.07, 6.45) is 1.51. The van der Waals surface area contributed by atoms with E-state index in [0.29, 0.717) is 5.69 Å². The average molecular weight is 376 g/mol. The van der Waals surface area contributed by atoms with Gasteiger partial charge in [0.25, 0.3) is 15.0 Å². The van der Waals surface area contributed by atoms with Gasteiger partial charge in [-0.15, -0.1) is 0 Å². The van der Waals surface area contributed by atoms with E-state index in [4.69, 9.17) is 10.7 Å². The molecule has 104 valence electrons. The second-order valence-corrected chi connectivity index (χ2v) is 7.26. The first-order chi connectivity index (χ1) is 9.36. The summed E-state index contributed by atoms with van der Waals surface area (Å²) in [7, 11) is 1.43. The predicted octanol–water partition coefficient (Wildman–Crippen LogP) is 3.02. The van der Waals surface area contributed by atoms with Crippen molar-refractivity contribution in [1.29, 1.82) is 0 Å². The number of rotatable bonds is 3. The fourth-order valence-corrected chi connectivity index (χ4v) is 2.41. The molecule has 0 saturated carbocycles.